The minimum atomic E-state index is -0.170. The maximum Gasteiger partial charge on any atom is 0.322 e. The van der Waals surface area contributed by atoms with E-state index in [4.69, 9.17) is 9.84 Å². The van der Waals surface area contributed by atoms with Crippen LogP contribution in [0.3, 0.4) is 0 Å². The zero-order valence-corrected chi connectivity index (χ0v) is 19.8. The number of benzene rings is 2. The minimum absolute atomic E-state index is 0.0311. The number of nitrogens with one attached hydrogen (secondary N) is 1. The van der Waals surface area contributed by atoms with Gasteiger partial charge in [0.25, 0.3) is 0 Å². The van der Waals surface area contributed by atoms with Crippen LogP contribution in [-0.4, -0.2) is 48.0 Å². The average molecular weight is 436 g/mol. The summed E-state index contributed by atoms with van der Waals surface area (Å²) in [6.07, 6.45) is 0.831. The number of hydrogen-bond donors (Lipinski definition) is 1. The number of rotatable bonds is 8. The second kappa shape index (κ2) is 10.2. The Hall–Kier alpha value is -3.48. The van der Waals surface area contributed by atoms with E-state index in [1.807, 2.05) is 90.2 Å². The molecule has 7 heteroatoms. The molecule has 2 aromatic carbocycles. The molecule has 0 saturated heterocycles. The summed E-state index contributed by atoms with van der Waals surface area (Å²) in [5.41, 5.74) is 3.57. The summed E-state index contributed by atoms with van der Waals surface area (Å²) < 4.78 is 7.29. The fourth-order valence-corrected chi connectivity index (χ4v) is 3.85. The molecular formula is C25H33N5O2. The number of urea groups is 1. The number of anilines is 2. The van der Waals surface area contributed by atoms with Gasteiger partial charge < -0.3 is 19.9 Å². The van der Waals surface area contributed by atoms with Gasteiger partial charge in [0.05, 0.1) is 25.0 Å². The van der Waals surface area contributed by atoms with Crippen molar-refractivity contribution in [2.75, 3.05) is 31.4 Å². The van der Waals surface area contributed by atoms with Crippen LogP contribution in [0.5, 0.6) is 5.75 Å². The Bertz CT molecular complexity index is 1050. The first kappa shape index (κ1) is 23.2. The van der Waals surface area contributed by atoms with Gasteiger partial charge in [0.1, 0.15) is 11.6 Å². The summed E-state index contributed by atoms with van der Waals surface area (Å²) >= 11 is 0. The number of nitrogens with zero attached hydrogens (tertiary/aromatic N) is 4. The third-order valence-electron chi connectivity index (χ3n) is 5.64. The molecule has 0 radical (unpaired) electrons. The molecule has 0 unspecified atom stereocenters. The Labute approximate surface area is 190 Å². The van der Waals surface area contributed by atoms with Crippen molar-refractivity contribution in [3.05, 3.63) is 60.2 Å². The van der Waals surface area contributed by atoms with E-state index in [0.717, 1.165) is 29.1 Å². The Morgan fingerprint density at radius 3 is 2.41 bits per heavy atom. The largest absolute Gasteiger partial charge is 0.495 e. The van der Waals surface area contributed by atoms with Gasteiger partial charge in [-0.05, 0) is 25.5 Å². The lowest BCUT2D eigenvalue weighted by Crippen LogP contribution is -2.41. The van der Waals surface area contributed by atoms with Gasteiger partial charge in [0, 0.05) is 38.3 Å². The molecule has 0 aliphatic carbocycles. The number of aromatic nitrogens is 2. The Morgan fingerprint density at radius 2 is 1.78 bits per heavy atom. The van der Waals surface area contributed by atoms with E-state index in [2.05, 4.69) is 19.2 Å². The Kier molecular flexibility index (Phi) is 7.41. The van der Waals surface area contributed by atoms with Crippen LogP contribution >= 0.6 is 0 Å². The molecule has 1 N–H and O–H groups in total. The fourth-order valence-electron chi connectivity index (χ4n) is 3.85. The first-order chi connectivity index (χ1) is 15.4. The van der Waals surface area contributed by atoms with Crippen molar-refractivity contribution >= 4 is 17.5 Å². The standard InChI is InChI=1S/C25H33N5O2/c1-7-18(2)30(25(31)26-21-15-11-12-16-22(21)32-6)17-20-23(19-13-9-8-10-14-19)27-29(5)24(20)28(3)4/h8-16,18H,7,17H2,1-6H3,(H,26,31)/t18-/m1/s1. The van der Waals surface area contributed by atoms with Gasteiger partial charge in [-0.15, -0.1) is 0 Å². The molecule has 0 aliphatic rings. The fraction of sp³-hybridized carbons (Fsp3) is 0.360. The van der Waals surface area contributed by atoms with Crippen LogP contribution in [0.15, 0.2) is 54.6 Å². The van der Waals surface area contributed by atoms with Crippen molar-refractivity contribution in [2.24, 2.45) is 7.05 Å². The molecule has 0 fully saturated rings. The van der Waals surface area contributed by atoms with E-state index in [1.165, 1.54) is 0 Å². The third kappa shape index (κ3) is 4.88. The smallest absolute Gasteiger partial charge is 0.322 e. The van der Waals surface area contributed by atoms with Gasteiger partial charge >= 0.3 is 6.03 Å². The van der Waals surface area contributed by atoms with Crippen molar-refractivity contribution in [1.29, 1.82) is 0 Å². The number of carbonyl (C=O) groups excluding carboxylic acids is 1. The van der Waals surface area contributed by atoms with Crippen LogP contribution in [0.1, 0.15) is 25.8 Å². The lowest BCUT2D eigenvalue weighted by molar-refractivity contribution is 0.187. The van der Waals surface area contributed by atoms with E-state index in [-0.39, 0.29) is 12.1 Å². The highest BCUT2D eigenvalue weighted by molar-refractivity contribution is 5.91. The molecule has 3 aromatic rings. The Morgan fingerprint density at radius 1 is 1.12 bits per heavy atom. The number of aryl methyl sites for hydroxylation is 1. The second-order valence-corrected chi connectivity index (χ2v) is 8.05. The second-order valence-electron chi connectivity index (χ2n) is 8.05. The molecule has 32 heavy (non-hydrogen) atoms. The molecule has 1 atom stereocenters. The number of methoxy groups -OCH3 is 1. The molecular weight excluding hydrogens is 402 g/mol. The van der Waals surface area contributed by atoms with Gasteiger partial charge in [-0.3, -0.25) is 4.68 Å². The molecule has 2 amide bonds. The molecule has 0 saturated carbocycles. The molecule has 170 valence electrons. The van der Waals surface area contributed by atoms with Crippen molar-refractivity contribution < 1.29 is 9.53 Å². The molecule has 0 bridgehead atoms. The molecule has 1 heterocycles. The maximum absolute atomic E-state index is 13.4. The number of ether oxygens (including phenoxy) is 1. The highest BCUT2D eigenvalue weighted by Crippen LogP contribution is 2.32. The molecule has 7 nitrogen and oxygen atoms in total. The first-order valence-electron chi connectivity index (χ1n) is 10.9. The highest BCUT2D eigenvalue weighted by atomic mass is 16.5. The van der Waals surface area contributed by atoms with Gasteiger partial charge in [0.2, 0.25) is 0 Å². The normalized spacial score (nSPS) is 11.7. The van der Waals surface area contributed by atoms with Crippen molar-refractivity contribution in [3.8, 4) is 17.0 Å². The minimum Gasteiger partial charge on any atom is -0.495 e. The van der Waals surface area contributed by atoms with E-state index in [9.17, 15) is 4.79 Å². The van der Waals surface area contributed by atoms with Gasteiger partial charge in [0.15, 0.2) is 0 Å². The molecule has 1 aromatic heterocycles. The summed E-state index contributed by atoms with van der Waals surface area (Å²) in [6, 6.07) is 17.4. The third-order valence-corrected chi connectivity index (χ3v) is 5.64. The van der Waals surface area contributed by atoms with Gasteiger partial charge in [-0.25, -0.2) is 4.79 Å². The predicted octanol–water partition coefficient (Wildman–Crippen LogP) is 4.99. The van der Waals surface area contributed by atoms with Crippen LogP contribution in [0, 0.1) is 0 Å². The number of para-hydroxylation sites is 2. The summed E-state index contributed by atoms with van der Waals surface area (Å²) in [6.45, 7) is 4.58. The maximum atomic E-state index is 13.4. The zero-order chi connectivity index (χ0) is 23.3. The zero-order valence-electron chi connectivity index (χ0n) is 19.8. The highest BCUT2D eigenvalue weighted by Gasteiger charge is 2.26. The van der Waals surface area contributed by atoms with Crippen LogP contribution in [0.2, 0.25) is 0 Å². The average Bonchev–Trinajstić information content (AvgIpc) is 3.13. The summed E-state index contributed by atoms with van der Waals surface area (Å²) in [4.78, 5) is 17.3. The molecule has 0 spiro atoms. The lowest BCUT2D eigenvalue weighted by atomic mass is 10.1. The van der Waals surface area contributed by atoms with Crippen LogP contribution in [0.4, 0.5) is 16.3 Å². The summed E-state index contributed by atoms with van der Waals surface area (Å²) in [7, 11) is 7.53. The first-order valence-corrected chi connectivity index (χ1v) is 10.9. The molecule has 0 aliphatic heterocycles. The number of hydrogen-bond acceptors (Lipinski definition) is 4. The van der Waals surface area contributed by atoms with Crippen LogP contribution in [-0.2, 0) is 13.6 Å². The number of carbonyl (C=O) groups is 1. The van der Waals surface area contributed by atoms with Crippen molar-refractivity contribution in [3.63, 3.8) is 0 Å². The van der Waals surface area contributed by atoms with E-state index in [0.29, 0.717) is 18.0 Å². The SMILES string of the molecule is CC[C@@H](C)N(Cc1c(-c2ccccc2)nn(C)c1N(C)C)C(=O)Nc1ccccc1OC. The van der Waals surface area contributed by atoms with Crippen LogP contribution in [0.25, 0.3) is 11.3 Å². The van der Waals surface area contributed by atoms with Gasteiger partial charge in [-0.2, -0.15) is 5.10 Å². The number of amides is 2. The van der Waals surface area contributed by atoms with Gasteiger partial charge in [-0.1, -0.05) is 49.4 Å². The van der Waals surface area contributed by atoms with Crippen LogP contribution < -0.4 is 15.0 Å². The lowest BCUT2D eigenvalue weighted by Gasteiger charge is -2.30. The topological polar surface area (TPSA) is 62.6 Å². The Balaban J connectivity index is 2.01. The van der Waals surface area contributed by atoms with Crippen molar-refractivity contribution in [2.45, 2.75) is 32.9 Å². The van der Waals surface area contributed by atoms with E-state index >= 15 is 0 Å². The van der Waals surface area contributed by atoms with Crippen molar-refractivity contribution in [1.82, 2.24) is 14.7 Å². The van der Waals surface area contributed by atoms with E-state index < -0.39 is 0 Å². The predicted molar refractivity (Wildman–Crippen MR) is 130 cm³/mol. The summed E-state index contributed by atoms with van der Waals surface area (Å²) in [5, 5.41) is 7.84. The quantitative estimate of drug-likeness (QED) is 0.541. The van der Waals surface area contributed by atoms with E-state index in [1.54, 1.807) is 7.11 Å². The monoisotopic (exact) mass is 435 g/mol. The summed E-state index contributed by atoms with van der Waals surface area (Å²) in [5.74, 6) is 1.60. The molecule has 3 rings (SSSR count).